The fourth-order valence-corrected chi connectivity index (χ4v) is 2.40. The van der Waals surface area contributed by atoms with Gasteiger partial charge in [0.1, 0.15) is 0 Å². The second kappa shape index (κ2) is 6.72. The number of carbonyl (C=O) groups excluding carboxylic acids is 1. The lowest BCUT2D eigenvalue weighted by atomic mass is 10.0. The third-order valence-electron chi connectivity index (χ3n) is 3.38. The van der Waals surface area contributed by atoms with Crippen LogP contribution in [-0.4, -0.2) is 17.4 Å². The van der Waals surface area contributed by atoms with Crippen molar-refractivity contribution in [1.82, 2.24) is 10.3 Å². The minimum Gasteiger partial charge on any atom is -0.351 e. The van der Waals surface area contributed by atoms with Crippen LogP contribution in [0.4, 0.5) is 0 Å². The first-order chi connectivity index (χ1) is 9.99. The number of benzene rings is 1. The van der Waals surface area contributed by atoms with Crippen LogP contribution < -0.4 is 10.9 Å². The van der Waals surface area contributed by atoms with Crippen LogP contribution in [0.15, 0.2) is 45.7 Å². The van der Waals surface area contributed by atoms with Crippen molar-refractivity contribution in [2.24, 2.45) is 0 Å². The number of amides is 1. The second-order valence-corrected chi connectivity index (χ2v) is 5.86. The first-order valence-corrected chi connectivity index (χ1v) is 7.51. The van der Waals surface area contributed by atoms with Gasteiger partial charge in [0.15, 0.2) is 0 Å². The molecule has 0 aliphatic carbocycles. The molecule has 1 aromatic carbocycles. The molecule has 4 nitrogen and oxygen atoms in total. The molecule has 0 fully saturated rings. The standard InChI is InChI=1S/C16H17BrN2O2/c1-10(12-6-4-3-5-7-12)9-18-15(20)13-8-14(17)16(21)19-11(13)2/h3-8,10H,9H2,1-2H3,(H,18,20)(H,19,21). The molecule has 0 aliphatic heterocycles. The van der Waals surface area contributed by atoms with E-state index in [9.17, 15) is 9.59 Å². The Labute approximate surface area is 131 Å². The van der Waals surface area contributed by atoms with Crippen LogP contribution in [0, 0.1) is 6.92 Å². The molecule has 0 radical (unpaired) electrons. The smallest absolute Gasteiger partial charge is 0.262 e. The molecule has 2 aromatic rings. The van der Waals surface area contributed by atoms with Crippen molar-refractivity contribution in [2.75, 3.05) is 6.54 Å². The average molecular weight is 349 g/mol. The van der Waals surface area contributed by atoms with Crippen molar-refractivity contribution in [3.05, 3.63) is 68.0 Å². The van der Waals surface area contributed by atoms with E-state index < -0.39 is 0 Å². The number of aromatic amines is 1. The number of hydrogen-bond donors (Lipinski definition) is 2. The maximum atomic E-state index is 12.2. The van der Waals surface area contributed by atoms with Crippen molar-refractivity contribution >= 4 is 21.8 Å². The van der Waals surface area contributed by atoms with Crippen LogP contribution >= 0.6 is 15.9 Å². The Morgan fingerprint density at radius 1 is 1.33 bits per heavy atom. The molecule has 0 bridgehead atoms. The summed E-state index contributed by atoms with van der Waals surface area (Å²) in [4.78, 5) is 26.3. The summed E-state index contributed by atoms with van der Waals surface area (Å²) in [5, 5.41) is 2.90. The van der Waals surface area contributed by atoms with Crippen molar-refractivity contribution in [3.63, 3.8) is 0 Å². The number of carbonyl (C=O) groups is 1. The number of H-pyrrole nitrogens is 1. The monoisotopic (exact) mass is 348 g/mol. The molecular formula is C16H17BrN2O2. The molecule has 0 saturated carbocycles. The fourth-order valence-electron chi connectivity index (χ4n) is 2.07. The van der Waals surface area contributed by atoms with E-state index >= 15 is 0 Å². The molecule has 1 aromatic heterocycles. The molecule has 2 N–H and O–H groups in total. The lowest BCUT2D eigenvalue weighted by Gasteiger charge is -2.14. The fraction of sp³-hybridized carbons (Fsp3) is 0.250. The zero-order valence-electron chi connectivity index (χ0n) is 11.9. The quantitative estimate of drug-likeness (QED) is 0.892. The van der Waals surface area contributed by atoms with Crippen LogP contribution in [0.3, 0.4) is 0 Å². The van der Waals surface area contributed by atoms with E-state index in [0.717, 1.165) is 0 Å². The lowest BCUT2D eigenvalue weighted by Crippen LogP contribution is -2.29. The zero-order chi connectivity index (χ0) is 15.4. The highest BCUT2D eigenvalue weighted by molar-refractivity contribution is 9.10. The van der Waals surface area contributed by atoms with E-state index in [1.54, 1.807) is 13.0 Å². The van der Waals surface area contributed by atoms with Crippen molar-refractivity contribution in [1.29, 1.82) is 0 Å². The minimum absolute atomic E-state index is 0.188. The van der Waals surface area contributed by atoms with Gasteiger partial charge in [-0.1, -0.05) is 37.3 Å². The third kappa shape index (κ3) is 3.82. The summed E-state index contributed by atoms with van der Waals surface area (Å²) in [6, 6.07) is 11.6. The number of halogens is 1. The summed E-state index contributed by atoms with van der Waals surface area (Å²) >= 11 is 3.14. The van der Waals surface area contributed by atoms with Crippen LogP contribution in [0.25, 0.3) is 0 Å². The van der Waals surface area contributed by atoms with E-state index in [0.29, 0.717) is 22.3 Å². The van der Waals surface area contributed by atoms with E-state index in [1.807, 2.05) is 30.3 Å². The Bertz CT molecular complexity index is 695. The molecule has 0 spiro atoms. The number of hydrogen-bond acceptors (Lipinski definition) is 2. The lowest BCUT2D eigenvalue weighted by molar-refractivity contribution is 0.0950. The van der Waals surface area contributed by atoms with Crippen LogP contribution in [0.5, 0.6) is 0 Å². The Balaban J connectivity index is 2.06. The Morgan fingerprint density at radius 2 is 2.00 bits per heavy atom. The van der Waals surface area contributed by atoms with E-state index in [1.165, 1.54) is 5.56 Å². The highest BCUT2D eigenvalue weighted by atomic mass is 79.9. The highest BCUT2D eigenvalue weighted by Gasteiger charge is 2.13. The van der Waals surface area contributed by atoms with Gasteiger partial charge in [0.25, 0.3) is 11.5 Å². The first kappa shape index (κ1) is 15.5. The van der Waals surface area contributed by atoms with E-state index in [4.69, 9.17) is 0 Å². The summed E-state index contributed by atoms with van der Waals surface area (Å²) in [6.07, 6.45) is 0. The predicted molar refractivity (Wildman–Crippen MR) is 86.7 cm³/mol. The highest BCUT2D eigenvalue weighted by Crippen LogP contribution is 2.14. The topological polar surface area (TPSA) is 62.0 Å². The van der Waals surface area contributed by atoms with E-state index in [-0.39, 0.29) is 17.4 Å². The molecule has 0 saturated heterocycles. The molecule has 2 rings (SSSR count). The summed E-state index contributed by atoms with van der Waals surface area (Å²) < 4.78 is 0.356. The molecule has 1 unspecified atom stereocenters. The average Bonchev–Trinajstić information content (AvgIpc) is 2.49. The van der Waals surface area contributed by atoms with Gasteiger partial charge in [0.05, 0.1) is 10.0 Å². The van der Waals surface area contributed by atoms with Gasteiger partial charge < -0.3 is 10.3 Å². The van der Waals surface area contributed by atoms with Gasteiger partial charge in [-0.15, -0.1) is 0 Å². The number of aromatic nitrogens is 1. The summed E-state index contributed by atoms with van der Waals surface area (Å²) in [5.74, 6) is 0.0360. The van der Waals surface area contributed by atoms with Gasteiger partial charge in [-0.2, -0.15) is 0 Å². The maximum absolute atomic E-state index is 12.2. The SMILES string of the molecule is Cc1[nH]c(=O)c(Br)cc1C(=O)NCC(C)c1ccccc1. The number of pyridine rings is 1. The molecule has 0 aliphatic rings. The first-order valence-electron chi connectivity index (χ1n) is 6.71. The van der Waals surface area contributed by atoms with Gasteiger partial charge in [0.2, 0.25) is 0 Å². The van der Waals surface area contributed by atoms with E-state index in [2.05, 4.69) is 33.2 Å². The van der Waals surface area contributed by atoms with Crippen molar-refractivity contribution in [3.8, 4) is 0 Å². The van der Waals surface area contributed by atoms with Crippen LogP contribution in [-0.2, 0) is 0 Å². The van der Waals surface area contributed by atoms with Crippen molar-refractivity contribution in [2.45, 2.75) is 19.8 Å². The van der Waals surface area contributed by atoms with Gasteiger partial charge in [0, 0.05) is 12.2 Å². The second-order valence-electron chi connectivity index (χ2n) is 5.01. The Kier molecular flexibility index (Phi) is 4.96. The summed E-state index contributed by atoms with van der Waals surface area (Å²) in [7, 11) is 0. The molecule has 1 heterocycles. The largest absolute Gasteiger partial charge is 0.351 e. The summed E-state index contributed by atoms with van der Waals surface area (Å²) in [6.45, 7) is 4.31. The number of aryl methyl sites for hydroxylation is 1. The van der Waals surface area contributed by atoms with Crippen LogP contribution in [0.1, 0.15) is 34.5 Å². The molecule has 110 valence electrons. The molecule has 5 heteroatoms. The zero-order valence-corrected chi connectivity index (χ0v) is 13.5. The van der Waals surface area contributed by atoms with Crippen molar-refractivity contribution < 1.29 is 4.79 Å². The van der Waals surface area contributed by atoms with Gasteiger partial charge in [-0.05, 0) is 40.4 Å². The Hall–Kier alpha value is -1.88. The number of rotatable bonds is 4. The molecule has 1 atom stereocenters. The minimum atomic E-state index is -0.235. The maximum Gasteiger partial charge on any atom is 0.262 e. The molecule has 1 amide bonds. The van der Waals surface area contributed by atoms with Gasteiger partial charge >= 0.3 is 0 Å². The third-order valence-corrected chi connectivity index (χ3v) is 3.96. The summed E-state index contributed by atoms with van der Waals surface area (Å²) in [5.41, 5.74) is 1.98. The molecular weight excluding hydrogens is 332 g/mol. The number of nitrogens with one attached hydrogen (secondary N) is 2. The van der Waals surface area contributed by atoms with Crippen LogP contribution in [0.2, 0.25) is 0 Å². The predicted octanol–water partition coefficient (Wildman–Crippen LogP) is 2.98. The normalized spacial score (nSPS) is 12.0. The van der Waals surface area contributed by atoms with Gasteiger partial charge in [-0.3, -0.25) is 9.59 Å². The Morgan fingerprint density at radius 3 is 2.67 bits per heavy atom. The molecule has 21 heavy (non-hydrogen) atoms. The van der Waals surface area contributed by atoms with Gasteiger partial charge in [-0.25, -0.2) is 0 Å².